The van der Waals surface area contributed by atoms with E-state index in [4.69, 9.17) is 0 Å². The Morgan fingerprint density at radius 1 is 1.32 bits per heavy atom. The van der Waals surface area contributed by atoms with Crippen molar-refractivity contribution in [3.63, 3.8) is 0 Å². The van der Waals surface area contributed by atoms with Crippen molar-refractivity contribution in [1.82, 2.24) is 20.2 Å². The number of amides is 1. The van der Waals surface area contributed by atoms with Gasteiger partial charge >= 0.3 is 5.69 Å². The highest BCUT2D eigenvalue weighted by Crippen LogP contribution is 2.14. The number of carbonyl (C=O) groups is 1. The SMILES string of the molecule is CC1CNCCN1C(=O)c1ccc2[nH]c(=O)[nH]c2c1. The molecule has 3 rings (SSSR count). The fourth-order valence-electron chi connectivity index (χ4n) is 2.47. The van der Waals surface area contributed by atoms with Gasteiger partial charge in [0.15, 0.2) is 0 Å². The summed E-state index contributed by atoms with van der Waals surface area (Å²) in [5.74, 6) is 0.0120. The molecule has 1 aliphatic rings. The number of rotatable bonds is 1. The molecule has 0 bridgehead atoms. The van der Waals surface area contributed by atoms with E-state index in [1.165, 1.54) is 0 Å². The summed E-state index contributed by atoms with van der Waals surface area (Å²) in [6, 6.07) is 5.42. The largest absolute Gasteiger partial charge is 0.333 e. The van der Waals surface area contributed by atoms with Gasteiger partial charge in [-0.3, -0.25) is 4.79 Å². The van der Waals surface area contributed by atoms with E-state index in [-0.39, 0.29) is 17.6 Å². The molecule has 1 aromatic heterocycles. The molecule has 6 heteroatoms. The topological polar surface area (TPSA) is 81.0 Å². The Kier molecular flexibility index (Phi) is 2.87. The second-order valence-electron chi connectivity index (χ2n) is 4.89. The fraction of sp³-hybridized carbons (Fsp3) is 0.385. The van der Waals surface area contributed by atoms with Crippen molar-refractivity contribution >= 4 is 16.9 Å². The number of imidazole rings is 1. The number of hydrogen-bond acceptors (Lipinski definition) is 3. The Morgan fingerprint density at radius 3 is 2.89 bits per heavy atom. The lowest BCUT2D eigenvalue weighted by Crippen LogP contribution is -2.52. The van der Waals surface area contributed by atoms with E-state index in [2.05, 4.69) is 15.3 Å². The Labute approximate surface area is 109 Å². The minimum atomic E-state index is -0.255. The van der Waals surface area contributed by atoms with Crippen molar-refractivity contribution in [3.05, 3.63) is 34.2 Å². The van der Waals surface area contributed by atoms with Gasteiger partial charge < -0.3 is 20.2 Å². The zero-order valence-corrected chi connectivity index (χ0v) is 10.7. The maximum Gasteiger partial charge on any atom is 0.323 e. The van der Waals surface area contributed by atoms with Gasteiger partial charge in [-0.25, -0.2) is 4.79 Å². The molecule has 1 atom stereocenters. The van der Waals surface area contributed by atoms with Crippen molar-refractivity contribution in [2.45, 2.75) is 13.0 Å². The van der Waals surface area contributed by atoms with Crippen molar-refractivity contribution in [3.8, 4) is 0 Å². The third-order valence-corrected chi connectivity index (χ3v) is 3.53. The summed E-state index contributed by atoms with van der Waals surface area (Å²) in [5.41, 5.74) is 1.74. The van der Waals surface area contributed by atoms with E-state index >= 15 is 0 Å². The summed E-state index contributed by atoms with van der Waals surface area (Å²) in [7, 11) is 0. The first-order valence-electron chi connectivity index (χ1n) is 6.39. The van der Waals surface area contributed by atoms with Crippen molar-refractivity contribution in [2.75, 3.05) is 19.6 Å². The van der Waals surface area contributed by atoms with E-state index in [1.807, 2.05) is 11.8 Å². The molecule has 1 saturated heterocycles. The second-order valence-corrected chi connectivity index (χ2v) is 4.89. The highest BCUT2D eigenvalue weighted by atomic mass is 16.2. The minimum absolute atomic E-state index is 0.0120. The number of nitrogens with one attached hydrogen (secondary N) is 3. The molecule has 1 aliphatic heterocycles. The van der Waals surface area contributed by atoms with E-state index in [0.717, 1.165) is 18.6 Å². The maximum atomic E-state index is 12.5. The standard InChI is InChI=1S/C13H16N4O2/c1-8-7-14-4-5-17(8)12(18)9-2-3-10-11(6-9)16-13(19)15-10/h2-3,6,8,14H,4-5,7H2,1H3,(H2,15,16,19). The van der Waals surface area contributed by atoms with Crippen LogP contribution in [0, 0.1) is 0 Å². The molecular weight excluding hydrogens is 244 g/mol. The lowest BCUT2D eigenvalue weighted by atomic mass is 10.1. The van der Waals surface area contributed by atoms with Gasteiger partial charge in [-0.05, 0) is 25.1 Å². The van der Waals surface area contributed by atoms with Gasteiger partial charge in [0.2, 0.25) is 0 Å². The lowest BCUT2D eigenvalue weighted by Gasteiger charge is -2.34. The van der Waals surface area contributed by atoms with Crippen LogP contribution in [-0.2, 0) is 0 Å². The Bertz CT molecular complexity index is 673. The first-order chi connectivity index (χ1) is 9.15. The van der Waals surface area contributed by atoms with Gasteiger partial charge in [0.25, 0.3) is 5.91 Å². The van der Waals surface area contributed by atoms with Crippen LogP contribution in [-0.4, -0.2) is 46.5 Å². The van der Waals surface area contributed by atoms with E-state index < -0.39 is 0 Å². The van der Waals surface area contributed by atoms with Crippen LogP contribution >= 0.6 is 0 Å². The molecule has 0 saturated carbocycles. The molecule has 0 spiro atoms. The summed E-state index contributed by atoms with van der Waals surface area (Å²) in [6.07, 6.45) is 0. The predicted octanol–water partition coefficient (Wildman–Crippen LogP) is 0.290. The number of fused-ring (bicyclic) bond motifs is 1. The highest BCUT2D eigenvalue weighted by Gasteiger charge is 2.24. The predicted molar refractivity (Wildman–Crippen MR) is 72.3 cm³/mol. The van der Waals surface area contributed by atoms with Crippen LogP contribution in [0.2, 0.25) is 0 Å². The van der Waals surface area contributed by atoms with Crippen molar-refractivity contribution < 1.29 is 4.79 Å². The van der Waals surface area contributed by atoms with Crippen LogP contribution in [0.3, 0.4) is 0 Å². The molecule has 1 amide bonds. The lowest BCUT2D eigenvalue weighted by molar-refractivity contribution is 0.0656. The number of H-pyrrole nitrogens is 2. The molecule has 0 radical (unpaired) electrons. The summed E-state index contributed by atoms with van der Waals surface area (Å²) in [4.78, 5) is 30.9. The highest BCUT2D eigenvalue weighted by molar-refractivity contribution is 5.97. The number of aromatic nitrogens is 2. The minimum Gasteiger partial charge on any atom is -0.333 e. The van der Waals surface area contributed by atoms with Gasteiger partial charge in [0.1, 0.15) is 0 Å². The quantitative estimate of drug-likeness (QED) is 0.689. The molecule has 19 heavy (non-hydrogen) atoms. The van der Waals surface area contributed by atoms with Crippen LogP contribution in [0.15, 0.2) is 23.0 Å². The molecule has 3 N–H and O–H groups in total. The zero-order chi connectivity index (χ0) is 13.4. The molecule has 2 aromatic rings. The summed E-state index contributed by atoms with van der Waals surface area (Å²) >= 11 is 0. The Morgan fingerprint density at radius 2 is 2.11 bits per heavy atom. The molecule has 6 nitrogen and oxygen atoms in total. The number of nitrogens with zero attached hydrogens (tertiary/aromatic N) is 1. The molecule has 0 aliphatic carbocycles. The number of piperazine rings is 1. The van der Waals surface area contributed by atoms with Crippen LogP contribution in [0.4, 0.5) is 0 Å². The molecule has 1 unspecified atom stereocenters. The summed E-state index contributed by atoms with van der Waals surface area (Å²) in [5, 5.41) is 3.26. The normalized spacial score (nSPS) is 19.8. The van der Waals surface area contributed by atoms with E-state index in [0.29, 0.717) is 17.6 Å². The zero-order valence-electron chi connectivity index (χ0n) is 10.7. The van der Waals surface area contributed by atoms with Crippen LogP contribution < -0.4 is 11.0 Å². The van der Waals surface area contributed by atoms with Crippen LogP contribution in [0.1, 0.15) is 17.3 Å². The van der Waals surface area contributed by atoms with Gasteiger partial charge in [-0.2, -0.15) is 0 Å². The third-order valence-electron chi connectivity index (χ3n) is 3.53. The van der Waals surface area contributed by atoms with Crippen molar-refractivity contribution in [2.24, 2.45) is 0 Å². The molecule has 1 aromatic carbocycles. The number of benzene rings is 1. The number of hydrogen-bond donors (Lipinski definition) is 3. The molecular formula is C13H16N4O2. The average molecular weight is 260 g/mol. The third kappa shape index (κ3) is 2.15. The average Bonchev–Trinajstić information content (AvgIpc) is 2.77. The number of carbonyl (C=O) groups excluding carboxylic acids is 1. The Balaban J connectivity index is 1.94. The smallest absolute Gasteiger partial charge is 0.323 e. The van der Waals surface area contributed by atoms with E-state index in [1.54, 1.807) is 18.2 Å². The molecule has 2 heterocycles. The monoisotopic (exact) mass is 260 g/mol. The van der Waals surface area contributed by atoms with E-state index in [9.17, 15) is 9.59 Å². The molecule has 100 valence electrons. The second kappa shape index (κ2) is 4.55. The Hall–Kier alpha value is -2.08. The maximum absolute atomic E-state index is 12.5. The van der Waals surface area contributed by atoms with Gasteiger partial charge in [0, 0.05) is 31.2 Å². The fourth-order valence-corrected chi connectivity index (χ4v) is 2.47. The van der Waals surface area contributed by atoms with Crippen LogP contribution in [0.5, 0.6) is 0 Å². The van der Waals surface area contributed by atoms with Gasteiger partial charge in [-0.15, -0.1) is 0 Å². The van der Waals surface area contributed by atoms with Crippen LogP contribution in [0.25, 0.3) is 11.0 Å². The summed E-state index contributed by atoms with van der Waals surface area (Å²) < 4.78 is 0. The van der Waals surface area contributed by atoms with Crippen molar-refractivity contribution in [1.29, 1.82) is 0 Å². The summed E-state index contributed by atoms with van der Waals surface area (Å²) in [6.45, 7) is 4.37. The van der Waals surface area contributed by atoms with Gasteiger partial charge in [0.05, 0.1) is 11.0 Å². The molecule has 1 fully saturated rings. The number of aromatic amines is 2. The van der Waals surface area contributed by atoms with Gasteiger partial charge in [-0.1, -0.05) is 0 Å². The first kappa shape index (κ1) is 12.0. The first-order valence-corrected chi connectivity index (χ1v) is 6.39.